The maximum Gasteiger partial charge on any atom is 0.257 e. The molecule has 0 aliphatic carbocycles. The standard InChI is InChI=1S/C15H22BrNO2/c1-10-11(2)19-12(3)14(10)15(18)17-8-4-5-13(9-17)6-7-16/h13H,4-9H2,1-3H3. The SMILES string of the molecule is Cc1oc(C)c(C(=O)N2CCCC(CCBr)C2)c1C. The number of amides is 1. The van der Waals surface area contributed by atoms with Gasteiger partial charge in [0.1, 0.15) is 11.5 Å². The van der Waals surface area contributed by atoms with E-state index in [9.17, 15) is 4.79 Å². The quantitative estimate of drug-likeness (QED) is 0.790. The average Bonchev–Trinajstić information content (AvgIpc) is 2.63. The summed E-state index contributed by atoms with van der Waals surface area (Å²) in [6, 6.07) is 0. The number of rotatable bonds is 3. The molecule has 3 nitrogen and oxygen atoms in total. The second-order valence-corrected chi connectivity index (χ2v) is 6.24. The third kappa shape index (κ3) is 3.04. The maximum atomic E-state index is 12.7. The van der Waals surface area contributed by atoms with Gasteiger partial charge in [-0.1, -0.05) is 15.9 Å². The van der Waals surface area contributed by atoms with Gasteiger partial charge in [0, 0.05) is 24.0 Å². The van der Waals surface area contributed by atoms with E-state index >= 15 is 0 Å². The molecule has 0 aromatic carbocycles. The highest BCUT2D eigenvalue weighted by atomic mass is 79.9. The minimum absolute atomic E-state index is 0.145. The first kappa shape index (κ1) is 14.6. The van der Waals surface area contributed by atoms with Crippen LogP contribution in [-0.4, -0.2) is 29.2 Å². The summed E-state index contributed by atoms with van der Waals surface area (Å²) >= 11 is 3.49. The van der Waals surface area contributed by atoms with Crippen LogP contribution in [0.5, 0.6) is 0 Å². The minimum Gasteiger partial charge on any atom is -0.466 e. The van der Waals surface area contributed by atoms with Crippen LogP contribution in [0.25, 0.3) is 0 Å². The molecule has 19 heavy (non-hydrogen) atoms. The van der Waals surface area contributed by atoms with E-state index in [0.717, 1.165) is 53.9 Å². The molecule has 1 aromatic heterocycles. The molecular formula is C15H22BrNO2. The van der Waals surface area contributed by atoms with Gasteiger partial charge in [-0.2, -0.15) is 0 Å². The molecule has 1 aromatic rings. The van der Waals surface area contributed by atoms with Gasteiger partial charge in [0.25, 0.3) is 5.91 Å². The smallest absolute Gasteiger partial charge is 0.257 e. The lowest BCUT2D eigenvalue weighted by Crippen LogP contribution is -2.40. The molecule has 0 bridgehead atoms. The average molecular weight is 328 g/mol. The van der Waals surface area contributed by atoms with Crippen molar-refractivity contribution < 1.29 is 9.21 Å². The summed E-state index contributed by atoms with van der Waals surface area (Å²) in [6.45, 7) is 7.53. The Morgan fingerprint density at radius 1 is 1.37 bits per heavy atom. The molecule has 1 fully saturated rings. The third-order valence-corrected chi connectivity index (χ3v) is 4.56. The molecule has 4 heteroatoms. The number of piperidine rings is 1. The predicted octanol–water partition coefficient (Wildman–Crippen LogP) is 3.84. The van der Waals surface area contributed by atoms with Gasteiger partial charge in [-0.15, -0.1) is 0 Å². The van der Waals surface area contributed by atoms with Crippen LogP contribution in [-0.2, 0) is 0 Å². The lowest BCUT2D eigenvalue weighted by molar-refractivity contribution is 0.0669. The van der Waals surface area contributed by atoms with Crippen molar-refractivity contribution in [3.63, 3.8) is 0 Å². The van der Waals surface area contributed by atoms with E-state index in [1.165, 1.54) is 6.42 Å². The summed E-state index contributed by atoms with van der Waals surface area (Å²) in [4.78, 5) is 14.7. The fraction of sp³-hybridized carbons (Fsp3) is 0.667. The van der Waals surface area contributed by atoms with Crippen molar-refractivity contribution >= 4 is 21.8 Å². The topological polar surface area (TPSA) is 33.5 Å². The van der Waals surface area contributed by atoms with Crippen LogP contribution in [0.2, 0.25) is 0 Å². The van der Waals surface area contributed by atoms with Crippen molar-refractivity contribution in [1.82, 2.24) is 4.90 Å². The van der Waals surface area contributed by atoms with E-state index in [-0.39, 0.29) is 5.91 Å². The zero-order valence-electron chi connectivity index (χ0n) is 12.0. The molecule has 1 saturated heterocycles. The first-order chi connectivity index (χ1) is 9.04. The Kier molecular flexibility index (Phi) is 4.71. The van der Waals surface area contributed by atoms with Crippen LogP contribution in [0.4, 0.5) is 0 Å². The highest BCUT2D eigenvalue weighted by Gasteiger charge is 2.28. The van der Waals surface area contributed by atoms with Gasteiger partial charge in [-0.3, -0.25) is 4.79 Å². The highest BCUT2D eigenvalue weighted by Crippen LogP contribution is 2.26. The Hall–Kier alpha value is -0.770. The van der Waals surface area contributed by atoms with Gasteiger partial charge in [0.05, 0.1) is 5.56 Å². The Morgan fingerprint density at radius 2 is 2.11 bits per heavy atom. The Balaban J connectivity index is 2.15. The van der Waals surface area contributed by atoms with Crippen LogP contribution in [0.1, 0.15) is 46.7 Å². The van der Waals surface area contributed by atoms with Gasteiger partial charge in [-0.25, -0.2) is 0 Å². The molecule has 0 spiro atoms. The van der Waals surface area contributed by atoms with Gasteiger partial charge >= 0.3 is 0 Å². The third-order valence-electron chi connectivity index (χ3n) is 4.10. The van der Waals surface area contributed by atoms with E-state index in [2.05, 4.69) is 15.9 Å². The fourth-order valence-electron chi connectivity index (χ4n) is 2.91. The fourth-order valence-corrected chi connectivity index (χ4v) is 3.55. The van der Waals surface area contributed by atoms with Crippen molar-refractivity contribution in [3.05, 3.63) is 22.6 Å². The lowest BCUT2D eigenvalue weighted by atomic mass is 9.95. The largest absolute Gasteiger partial charge is 0.466 e. The molecule has 106 valence electrons. The maximum absolute atomic E-state index is 12.7. The molecule has 0 radical (unpaired) electrons. The lowest BCUT2D eigenvalue weighted by Gasteiger charge is -2.32. The number of hydrogen-bond donors (Lipinski definition) is 0. The number of alkyl halides is 1. The zero-order valence-corrected chi connectivity index (χ0v) is 13.5. The summed E-state index contributed by atoms with van der Waals surface area (Å²) < 4.78 is 5.58. The summed E-state index contributed by atoms with van der Waals surface area (Å²) in [5.41, 5.74) is 1.77. The molecule has 1 atom stereocenters. The number of halogens is 1. The number of carbonyl (C=O) groups excluding carboxylic acids is 1. The summed E-state index contributed by atoms with van der Waals surface area (Å²) in [7, 11) is 0. The predicted molar refractivity (Wildman–Crippen MR) is 80.0 cm³/mol. The number of hydrogen-bond acceptors (Lipinski definition) is 2. The summed E-state index contributed by atoms with van der Waals surface area (Å²) in [5, 5.41) is 1.02. The van der Waals surface area contributed by atoms with Crippen molar-refractivity contribution in [3.8, 4) is 0 Å². The van der Waals surface area contributed by atoms with Gasteiger partial charge in [0.15, 0.2) is 0 Å². The number of nitrogens with zero attached hydrogens (tertiary/aromatic N) is 1. The molecule has 0 N–H and O–H groups in total. The summed E-state index contributed by atoms with van der Waals surface area (Å²) in [5.74, 6) is 2.38. The van der Waals surface area contributed by atoms with Crippen LogP contribution in [0, 0.1) is 26.7 Å². The summed E-state index contributed by atoms with van der Waals surface area (Å²) in [6.07, 6.45) is 3.49. The second kappa shape index (κ2) is 6.12. The molecule has 1 aliphatic heterocycles. The van der Waals surface area contributed by atoms with E-state index in [1.807, 2.05) is 25.7 Å². The van der Waals surface area contributed by atoms with Crippen molar-refractivity contribution in [2.45, 2.75) is 40.0 Å². The number of carbonyl (C=O) groups is 1. The van der Waals surface area contributed by atoms with E-state index < -0.39 is 0 Å². The zero-order chi connectivity index (χ0) is 14.0. The van der Waals surface area contributed by atoms with Crippen molar-refractivity contribution in [1.29, 1.82) is 0 Å². The van der Waals surface area contributed by atoms with Crippen molar-refractivity contribution in [2.24, 2.45) is 5.92 Å². The van der Waals surface area contributed by atoms with Gasteiger partial charge < -0.3 is 9.32 Å². The Bertz CT molecular complexity index is 465. The monoisotopic (exact) mass is 327 g/mol. The molecule has 1 aliphatic rings. The minimum atomic E-state index is 0.145. The van der Waals surface area contributed by atoms with E-state index in [4.69, 9.17) is 4.42 Å². The highest BCUT2D eigenvalue weighted by molar-refractivity contribution is 9.09. The molecule has 2 heterocycles. The van der Waals surface area contributed by atoms with Crippen LogP contribution in [0.3, 0.4) is 0 Å². The number of aryl methyl sites for hydroxylation is 2. The van der Waals surface area contributed by atoms with Gasteiger partial charge in [-0.05, 0) is 46.0 Å². The van der Waals surface area contributed by atoms with E-state index in [0.29, 0.717) is 5.92 Å². The van der Waals surface area contributed by atoms with Crippen LogP contribution >= 0.6 is 15.9 Å². The second-order valence-electron chi connectivity index (χ2n) is 5.45. The van der Waals surface area contributed by atoms with Crippen molar-refractivity contribution in [2.75, 3.05) is 18.4 Å². The molecular weight excluding hydrogens is 306 g/mol. The Labute approximate surface area is 123 Å². The van der Waals surface area contributed by atoms with Crippen LogP contribution < -0.4 is 0 Å². The van der Waals surface area contributed by atoms with Crippen LogP contribution in [0.15, 0.2) is 4.42 Å². The van der Waals surface area contributed by atoms with Gasteiger partial charge in [0.2, 0.25) is 0 Å². The van der Waals surface area contributed by atoms with E-state index in [1.54, 1.807) is 0 Å². The number of furan rings is 1. The molecule has 0 saturated carbocycles. The first-order valence-corrected chi connectivity index (χ1v) is 8.08. The molecule has 2 rings (SSSR count). The Morgan fingerprint density at radius 3 is 2.68 bits per heavy atom. The molecule has 1 amide bonds. The normalized spacial score (nSPS) is 19.8. The number of likely N-dealkylation sites (tertiary alicyclic amines) is 1. The molecule has 1 unspecified atom stereocenters. The first-order valence-electron chi connectivity index (χ1n) is 6.96.